The van der Waals surface area contributed by atoms with Crippen molar-refractivity contribution in [1.29, 1.82) is 0 Å². The van der Waals surface area contributed by atoms with Gasteiger partial charge in [0.05, 0.1) is 7.11 Å². The highest BCUT2D eigenvalue weighted by Crippen LogP contribution is 2.39. The standard InChI is InChI=1S/C19H21NO2/c1-12(2)13-4-6-14(7-5-13)16-11-19(21)20-18-9-8-15(22-3)10-17(16)18/h4-10,12,16H,11H2,1-3H3,(H,20,21). The molecule has 1 N–H and O–H groups in total. The third kappa shape index (κ3) is 2.71. The monoisotopic (exact) mass is 295 g/mol. The molecule has 1 aliphatic rings. The molecule has 114 valence electrons. The van der Waals surface area contributed by atoms with Gasteiger partial charge >= 0.3 is 0 Å². The van der Waals surface area contributed by atoms with E-state index in [1.807, 2.05) is 18.2 Å². The normalized spacial score (nSPS) is 17.1. The highest BCUT2D eigenvalue weighted by molar-refractivity contribution is 5.95. The van der Waals surface area contributed by atoms with Gasteiger partial charge in [-0.05, 0) is 40.8 Å². The predicted molar refractivity (Wildman–Crippen MR) is 88.6 cm³/mol. The third-order valence-electron chi connectivity index (χ3n) is 4.30. The Morgan fingerprint density at radius 1 is 1.14 bits per heavy atom. The fourth-order valence-corrected chi connectivity index (χ4v) is 2.98. The largest absolute Gasteiger partial charge is 0.497 e. The molecule has 0 spiro atoms. The van der Waals surface area contributed by atoms with Crippen LogP contribution in [0.15, 0.2) is 42.5 Å². The zero-order chi connectivity index (χ0) is 15.7. The van der Waals surface area contributed by atoms with E-state index in [4.69, 9.17) is 4.74 Å². The van der Waals surface area contributed by atoms with Gasteiger partial charge in [-0.2, -0.15) is 0 Å². The maximum Gasteiger partial charge on any atom is 0.225 e. The summed E-state index contributed by atoms with van der Waals surface area (Å²) in [6.07, 6.45) is 0.473. The lowest BCUT2D eigenvalue weighted by Crippen LogP contribution is -2.23. The number of ether oxygens (including phenoxy) is 1. The van der Waals surface area contributed by atoms with Crippen molar-refractivity contribution in [3.63, 3.8) is 0 Å². The second-order valence-electron chi connectivity index (χ2n) is 6.08. The Morgan fingerprint density at radius 2 is 1.86 bits per heavy atom. The molecule has 1 amide bonds. The average Bonchev–Trinajstić information content (AvgIpc) is 2.53. The number of methoxy groups -OCH3 is 1. The highest BCUT2D eigenvalue weighted by Gasteiger charge is 2.26. The van der Waals surface area contributed by atoms with Crippen molar-refractivity contribution in [3.8, 4) is 5.75 Å². The zero-order valence-corrected chi connectivity index (χ0v) is 13.2. The van der Waals surface area contributed by atoms with Crippen LogP contribution in [0.3, 0.4) is 0 Å². The maximum absolute atomic E-state index is 12.0. The fraction of sp³-hybridized carbons (Fsp3) is 0.316. The number of amides is 1. The second-order valence-corrected chi connectivity index (χ2v) is 6.08. The Hall–Kier alpha value is -2.29. The van der Waals surface area contributed by atoms with E-state index < -0.39 is 0 Å². The van der Waals surface area contributed by atoms with E-state index in [2.05, 4.69) is 43.4 Å². The summed E-state index contributed by atoms with van der Waals surface area (Å²) in [7, 11) is 1.66. The number of carbonyl (C=O) groups is 1. The summed E-state index contributed by atoms with van der Waals surface area (Å²) in [6, 6.07) is 14.4. The maximum atomic E-state index is 12.0. The summed E-state index contributed by atoms with van der Waals surface area (Å²) in [4.78, 5) is 12.0. The first-order chi connectivity index (χ1) is 10.6. The van der Waals surface area contributed by atoms with Gasteiger partial charge in [-0.25, -0.2) is 0 Å². The van der Waals surface area contributed by atoms with Crippen LogP contribution in [0.25, 0.3) is 0 Å². The van der Waals surface area contributed by atoms with Crippen molar-refractivity contribution < 1.29 is 9.53 Å². The Labute approximate surface area is 131 Å². The smallest absolute Gasteiger partial charge is 0.225 e. The van der Waals surface area contributed by atoms with Crippen molar-refractivity contribution >= 4 is 11.6 Å². The minimum Gasteiger partial charge on any atom is -0.497 e. The summed E-state index contributed by atoms with van der Waals surface area (Å²) >= 11 is 0. The van der Waals surface area contributed by atoms with Gasteiger partial charge in [0.15, 0.2) is 0 Å². The number of hydrogen-bond acceptors (Lipinski definition) is 2. The van der Waals surface area contributed by atoms with Crippen LogP contribution < -0.4 is 10.1 Å². The van der Waals surface area contributed by atoms with Gasteiger partial charge in [0.2, 0.25) is 5.91 Å². The summed E-state index contributed by atoms with van der Waals surface area (Å²) in [5.74, 6) is 1.48. The van der Waals surface area contributed by atoms with Crippen LogP contribution in [0.2, 0.25) is 0 Å². The number of benzene rings is 2. The minimum atomic E-state index is 0.0654. The minimum absolute atomic E-state index is 0.0654. The molecule has 0 aliphatic carbocycles. The topological polar surface area (TPSA) is 38.3 Å². The molecule has 0 bridgehead atoms. The SMILES string of the molecule is COc1ccc2c(c1)C(c1ccc(C(C)C)cc1)CC(=O)N2. The molecule has 1 unspecified atom stereocenters. The number of rotatable bonds is 3. The molecule has 1 atom stereocenters. The predicted octanol–water partition coefficient (Wildman–Crippen LogP) is 4.29. The van der Waals surface area contributed by atoms with E-state index in [1.54, 1.807) is 7.11 Å². The van der Waals surface area contributed by atoms with Crippen molar-refractivity contribution in [2.45, 2.75) is 32.1 Å². The molecular weight excluding hydrogens is 274 g/mol. The summed E-state index contributed by atoms with van der Waals surface area (Å²) < 4.78 is 5.33. The van der Waals surface area contributed by atoms with E-state index in [0.29, 0.717) is 12.3 Å². The molecule has 3 nitrogen and oxygen atoms in total. The lowest BCUT2D eigenvalue weighted by molar-refractivity contribution is -0.116. The van der Waals surface area contributed by atoms with Crippen LogP contribution >= 0.6 is 0 Å². The van der Waals surface area contributed by atoms with E-state index in [9.17, 15) is 4.79 Å². The first kappa shape index (κ1) is 14.6. The van der Waals surface area contributed by atoms with Crippen LogP contribution in [0.5, 0.6) is 5.75 Å². The Morgan fingerprint density at radius 3 is 2.50 bits per heavy atom. The molecule has 2 aromatic carbocycles. The molecule has 2 aromatic rings. The Kier molecular flexibility index (Phi) is 3.88. The molecule has 1 aliphatic heterocycles. The molecule has 3 rings (SSSR count). The molecule has 0 radical (unpaired) electrons. The molecule has 0 saturated heterocycles. The first-order valence-corrected chi connectivity index (χ1v) is 7.66. The van der Waals surface area contributed by atoms with Crippen LogP contribution in [-0.4, -0.2) is 13.0 Å². The molecule has 0 fully saturated rings. The van der Waals surface area contributed by atoms with Crippen LogP contribution in [0.1, 0.15) is 48.8 Å². The van der Waals surface area contributed by atoms with Crippen molar-refractivity contribution in [1.82, 2.24) is 0 Å². The summed E-state index contributed by atoms with van der Waals surface area (Å²) in [6.45, 7) is 4.37. The van der Waals surface area contributed by atoms with Gasteiger partial charge in [0.25, 0.3) is 0 Å². The fourth-order valence-electron chi connectivity index (χ4n) is 2.98. The van der Waals surface area contributed by atoms with E-state index >= 15 is 0 Å². The molecule has 1 heterocycles. The molecule has 0 aromatic heterocycles. The summed E-state index contributed by atoms with van der Waals surface area (Å²) in [5, 5.41) is 2.95. The van der Waals surface area contributed by atoms with Gasteiger partial charge in [-0.1, -0.05) is 38.1 Å². The molecular formula is C19H21NO2. The van der Waals surface area contributed by atoms with Gasteiger partial charge in [0, 0.05) is 18.0 Å². The number of anilines is 1. The van der Waals surface area contributed by atoms with Crippen molar-refractivity contribution in [2.24, 2.45) is 0 Å². The van der Waals surface area contributed by atoms with Crippen molar-refractivity contribution in [2.75, 3.05) is 12.4 Å². The molecule has 0 saturated carbocycles. The zero-order valence-electron chi connectivity index (χ0n) is 13.2. The number of fused-ring (bicyclic) bond motifs is 1. The van der Waals surface area contributed by atoms with Gasteiger partial charge in [0.1, 0.15) is 5.75 Å². The first-order valence-electron chi connectivity index (χ1n) is 7.66. The second kappa shape index (κ2) is 5.84. The molecule has 3 heteroatoms. The lowest BCUT2D eigenvalue weighted by Gasteiger charge is -2.26. The lowest BCUT2D eigenvalue weighted by atomic mass is 9.84. The Bertz CT molecular complexity index is 689. The van der Waals surface area contributed by atoms with E-state index in [0.717, 1.165) is 17.0 Å². The van der Waals surface area contributed by atoms with Gasteiger partial charge in [-0.15, -0.1) is 0 Å². The van der Waals surface area contributed by atoms with Crippen LogP contribution in [0.4, 0.5) is 5.69 Å². The molecule has 22 heavy (non-hydrogen) atoms. The number of carbonyl (C=O) groups excluding carboxylic acids is 1. The van der Waals surface area contributed by atoms with Crippen molar-refractivity contribution in [3.05, 3.63) is 59.2 Å². The summed E-state index contributed by atoms with van der Waals surface area (Å²) in [5.41, 5.74) is 4.50. The van der Waals surface area contributed by atoms with E-state index in [-0.39, 0.29) is 11.8 Å². The number of nitrogens with one attached hydrogen (secondary N) is 1. The third-order valence-corrected chi connectivity index (χ3v) is 4.30. The van der Waals surface area contributed by atoms with E-state index in [1.165, 1.54) is 11.1 Å². The van der Waals surface area contributed by atoms with Gasteiger partial charge < -0.3 is 10.1 Å². The number of hydrogen-bond donors (Lipinski definition) is 1. The van der Waals surface area contributed by atoms with Gasteiger partial charge in [-0.3, -0.25) is 4.79 Å². The van der Waals surface area contributed by atoms with Crippen LogP contribution in [-0.2, 0) is 4.79 Å². The average molecular weight is 295 g/mol. The highest BCUT2D eigenvalue weighted by atomic mass is 16.5. The quantitative estimate of drug-likeness (QED) is 0.917. The van der Waals surface area contributed by atoms with Crippen LogP contribution in [0, 0.1) is 0 Å². The Balaban J connectivity index is 2.02.